The molecule has 0 bridgehead atoms. The highest BCUT2D eigenvalue weighted by atomic mass is 32.2. The van der Waals surface area contributed by atoms with Crippen molar-refractivity contribution in [1.82, 2.24) is 0 Å². The molecule has 0 aromatic heterocycles. The largest absolute Gasteiger partial charge is 0.381 e. The highest BCUT2D eigenvalue weighted by Crippen LogP contribution is 2.16. The number of thioether (sulfide) groups is 1. The highest BCUT2D eigenvalue weighted by Gasteiger charge is 2.16. The van der Waals surface area contributed by atoms with Crippen molar-refractivity contribution in [1.29, 1.82) is 0 Å². The number of ether oxygens (including phenoxy) is 2. The van der Waals surface area contributed by atoms with E-state index < -0.39 is 0 Å². The molecular formula is C14H18O3S. The van der Waals surface area contributed by atoms with Crippen molar-refractivity contribution in [2.75, 3.05) is 32.7 Å². The van der Waals surface area contributed by atoms with Gasteiger partial charge in [-0.15, -0.1) is 11.8 Å². The minimum atomic E-state index is 0.0431. The number of carbonyl (C=O) groups is 1. The molecular weight excluding hydrogens is 248 g/mol. The molecule has 1 unspecified atom stereocenters. The minimum absolute atomic E-state index is 0.0431. The molecule has 1 aliphatic heterocycles. The molecule has 2 rings (SSSR count). The first-order chi connectivity index (χ1) is 8.79. The molecule has 0 aliphatic carbocycles. The maximum absolute atomic E-state index is 11.9. The summed E-state index contributed by atoms with van der Waals surface area (Å²) in [5.41, 5.74) is 0.718. The molecule has 1 heterocycles. The van der Waals surface area contributed by atoms with Crippen molar-refractivity contribution < 1.29 is 14.3 Å². The van der Waals surface area contributed by atoms with E-state index in [2.05, 4.69) is 0 Å². The zero-order valence-corrected chi connectivity index (χ0v) is 11.4. The van der Waals surface area contributed by atoms with Crippen LogP contribution < -0.4 is 0 Å². The normalized spacial score (nSPS) is 19.1. The lowest BCUT2D eigenvalue weighted by Crippen LogP contribution is -2.15. The highest BCUT2D eigenvalue weighted by molar-refractivity contribution is 7.98. The van der Waals surface area contributed by atoms with Gasteiger partial charge >= 0.3 is 0 Å². The van der Waals surface area contributed by atoms with Crippen LogP contribution in [0.5, 0.6) is 0 Å². The number of rotatable bonds is 6. The van der Waals surface area contributed by atoms with Crippen LogP contribution >= 0.6 is 11.8 Å². The summed E-state index contributed by atoms with van der Waals surface area (Å²) in [6, 6.07) is 7.64. The van der Waals surface area contributed by atoms with Crippen molar-refractivity contribution >= 4 is 17.5 Å². The molecule has 0 amide bonds. The molecule has 1 atom stereocenters. The lowest BCUT2D eigenvalue weighted by Gasteiger charge is -2.08. The van der Waals surface area contributed by atoms with Crippen LogP contribution in [0.1, 0.15) is 16.8 Å². The van der Waals surface area contributed by atoms with Gasteiger partial charge in [0.15, 0.2) is 5.78 Å². The van der Waals surface area contributed by atoms with Gasteiger partial charge in [0.2, 0.25) is 0 Å². The lowest BCUT2D eigenvalue weighted by molar-refractivity contribution is 0.0651. The molecule has 4 heteroatoms. The Kier molecular flexibility index (Phi) is 5.23. The van der Waals surface area contributed by atoms with Crippen LogP contribution in [0.15, 0.2) is 29.2 Å². The number of hydrogen-bond donors (Lipinski definition) is 0. The maximum atomic E-state index is 11.9. The molecule has 1 aromatic carbocycles. The van der Waals surface area contributed by atoms with E-state index in [1.165, 1.54) is 0 Å². The Bertz CT molecular complexity index is 383. The molecule has 0 radical (unpaired) electrons. The van der Waals surface area contributed by atoms with Crippen LogP contribution in [-0.2, 0) is 9.47 Å². The van der Waals surface area contributed by atoms with Crippen molar-refractivity contribution in [3.63, 3.8) is 0 Å². The summed E-state index contributed by atoms with van der Waals surface area (Å²) >= 11 is 1.67. The van der Waals surface area contributed by atoms with E-state index in [4.69, 9.17) is 9.47 Å². The zero-order valence-electron chi connectivity index (χ0n) is 10.6. The lowest BCUT2D eigenvalue weighted by atomic mass is 10.1. The average molecular weight is 266 g/mol. The topological polar surface area (TPSA) is 35.5 Å². The average Bonchev–Trinajstić information content (AvgIpc) is 2.92. The van der Waals surface area contributed by atoms with Gasteiger partial charge in [-0.25, -0.2) is 0 Å². The van der Waals surface area contributed by atoms with Crippen molar-refractivity contribution in [2.45, 2.75) is 11.3 Å². The third kappa shape index (κ3) is 3.83. The summed E-state index contributed by atoms with van der Waals surface area (Å²) < 4.78 is 10.7. The van der Waals surface area contributed by atoms with E-state index in [-0.39, 0.29) is 12.4 Å². The Labute approximate surface area is 112 Å². The SMILES string of the molecule is CSc1ccc(C(=O)COCC2CCOC2)cc1. The van der Waals surface area contributed by atoms with Gasteiger partial charge in [-0.1, -0.05) is 12.1 Å². The monoisotopic (exact) mass is 266 g/mol. The van der Waals surface area contributed by atoms with Gasteiger partial charge < -0.3 is 9.47 Å². The van der Waals surface area contributed by atoms with E-state index in [9.17, 15) is 4.79 Å². The van der Waals surface area contributed by atoms with E-state index >= 15 is 0 Å². The first-order valence-corrected chi connectivity index (χ1v) is 7.35. The van der Waals surface area contributed by atoms with E-state index in [0.29, 0.717) is 12.5 Å². The maximum Gasteiger partial charge on any atom is 0.188 e. The molecule has 0 spiro atoms. The standard InChI is InChI=1S/C14H18O3S/c1-18-13-4-2-12(3-5-13)14(15)10-17-9-11-6-7-16-8-11/h2-5,11H,6-10H2,1H3. The summed E-state index contributed by atoms with van der Waals surface area (Å²) in [4.78, 5) is 13.0. The summed E-state index contributed by atoms with van der Waals surface area (Å²) in [6.07, 6.45) is 3.06. The van der Waals surface area contributed by atoms with Gasteiger partial charge in [-0.3, -0.25) is 4.79 Å². The number of hydrogen-bond acceptors (Lipinski definition) is 4. The number of Topliss-reactive ketones (excluding diaryl/α,β-unsaturated/α-hetero) is 1. The van der Waals surface area contributed by atoms with Crippen LogP contribution in [0.3, 0.4) is 0 Å². The molecule has 18 heavy (non-hydrogen) atoms. The first kappa shape index (κ1) is 13.6. The molecule has 3 nitrogen and oxygen atoms in total. The smallest absolute Gasteiger partial charge is 0.188 e. The number of benzene rings is 1. The zero-order chi connectivity index (χ0) is 12.8. The molecule has 0 N–H and O–H groups in total. The van der Waals surface area contributed by atoms with Gasteiger partial charge in [-0.2, -0.15) is 0 Å². The first-order valence-electron chi connectivity index (χ1n) is 6.12. The molecule has 1 aromatic rings. The molecule has 0 saturated carbocycles. The summed E-state index contributed by atoms with van der Waals surface area (Å²) in [7, 11) is 0. The fraction of sp³-hybridized carbons (Fsp3) is 0.500. The van der Waals surface area contributed by atoms with Crippen LogP contribution in [0.2, 0.25) is 0 Å². The second-order valence-corrected chi connectivity index (χ2v) is 5.28. The van der Waals surface area contributed by atoms with E-state index in [0.717, 1.165) is 30.1 Å². The molecule has 1 fully saturated rings. The molecule has 98 valence electrons. The third-order valence-corrected chi connectivity index (χ3v) is 3.77. The van der Waals surface area contributed by atoms with Crippen LogP contribution in [0.25, 0.3) is 0 Å². The Morgan fingerprint density at radius 1 is 1.44 bits per heavy atom. The van der Waals surface area contributed by atoms with Crippen LogP contribution in [0.4, 0.5) is 0 Å². The molecule has 1 aliphatic rings. The summed E-state index contributed by atoms with van der Waals surface area (Å²) in [5.74, 6) is 0.498. The van der Waals surface area contributed by atoms with E-state index in [1.807, 2.05) is 30.5 Å². The second-order valence-electron chi connectivity index (χ2n) is 4.40. The quantitative estimate of drug-likeness (QED) is 0.586. The van der Waals surface area contributed by atoms with Gasteiger partial charge in [-0.05, 0) is 24.8 Å². The van der Waals surface area contributed by atoms with Gasteiger partial charge in [0.1, 0.15) is 6.61 Å². The minimum Gasteiger partial charge on any atom is -0.381 e. The van der Waals surface area contributed by atoms with Gasteiger partial charge in [0.05, 0.1) is 13.2 Å². The second kappa shape index (κ2) is 6.92. The predicted octanol–water partition coefficient (Wildman–Crippen LogP) is 2.64. The Morgan fingerprint density at radius 2 is 2.22 bits per heavy atom. The summed E-state index contributed by atoms with van der Waals surface area (Å²) in [5, 5.41) is 0. The fourth-order valence-corrected chi connectivity index (χ4v) is 2.30. The fourth-order valence-electron chi connectivity index (χ4n) is 1.89. The Hall–Kier alpha value is -0.840. The van der Waals surface area contributed by atoms with Crippen LogP contribution in [-0.4, -0.2) is 38.5 Å². The predicted molar refractivity (Wildman–Crippen MR) is 72.3 cm³/mol. The van der Waals surface area contributed by atoms with Crippen molar-refractivity contribution in [3.8, 4) is 0 Å². The van der Waals surface area contributed by atoms with Crippen molar-refractivity contribution in [2.24, 2.45) is 5.92 Å². The Morgan fingerprint density at radius 3 is 2.83 bits per heavy atom. The van der Waals surface area contributed by atoms with Gasteiger partial charge in [0.25, 0.3) is 0 Å². The third-order valence-electron chi connectivity index (χ3n) is 3.02. The Balaban J connectivity index is 1.76. The molecule has 1 saturated heterocycles. The van der Waals surface area contributed by atoms with Crippen LogP contribution in [0, 0.1) is 5.92 Å². The van der Waals surface area contributed by atoms with Gasteiger partial charge in [0, 0.05) is 23.0 Å². The summed E-state index contributed by atoms with van der Waals surface area (Å²) in [6.45, 7) is 2.36. The number of ketones is 1. The number of carbonyl (C=O) groups excluding carboxylic acids is 1. The van der Waals surface area contributed by atoms with E-state index in [1.54, 1.807) is 11.8 Å². The van der Waals surface area contributed by atoms with Crippen molar-refractivity contribution in [3.05, 3.63) is 29.8 Å².